The van der Waals surface area contributed by atoms with Crippen molar-refractivity contribution in [1.29, 1.82) is 0 Å². The highest BCUT2D eigenvalue weighted by molar-refractivity contribution is 5.92. The Hall–Kier alpha value is -4.20. The first-order chi connectivity index (χ1) is 16.8. The molecule has 2 aromatic carbocycles. The zero-order valence-electron chi connectivity index (χ0n) is 19.7. The van der Waals surface area contributed by atoms with Crippen LogP contribution < -0.4 is 16.2 Å². The molecule has 35 heavy (non-hydrogen) atoms. The quantitative estimate of drug-likeness (QED) is 0.415. The molecule has 2 atom stereocenters. The number of nitrogens with one attached hydrogen (secondary N) is 2. The minimum atomic E-state index is -2.11. The van der Waals surface area contributed by atoms with E-state index in [2.05, 4.69) is 10.6 Å². The number of carboxylic acids is 1. The molecule has 0 aliphatic carbocycles. The van der Waals surface area contributed by atoms with Gasteiger partial charge < -0.3 is 15.7 Å². The van der Waals surface area contributed by atoms with Gasteiger partial charge in [0.05, 0.1) is 6.42 Å². The Morgan fingerprint density at radius 2 is 1.54 bits per heavy atom. The van der Waals surface area contributed by atoms with Gasteiger partial charge in [0.1, 0.15) is 5.69 Å². The fourth-order valence-corrected chi connectivity index (χ4v) is 4.22. The summed E-state index contributed by atoms with van der Waals surface area (Å²) in [7, 11) is 0. The van der Waals surface area contributed by atoms with E-state index >= 15 is 0 Å². The number of benzene rings is 2. The lowest BCUT2D eigenvalue weighted by Gasteiger charge is -2.39. The molecule has 0 aliphatic rings. The van der Waals surface area contributed by atoms with Crippen LogP contribution >= 0.6 is 0 Å². The van der Waals surface area contributed by atoms with Gasteiger partial charge >= 0.3 is 5.97 Å². The van der Waals surface area contributed by atoms with Gasteiger partial charge in [-0.25, -0.2) is 4.79 Å². The first kappa shape index (κ1) is 25.4. The molecule has 0 aliphatic heterocycles. The third kappa shape index (κ3) is 5.48. The summed E-state index contributed by atoms with van der Waals surface area (Å²) in [4.78, 5) is 51.7. The first-order valence-electron chi connectivity index (χ1n) is 11.5. The number of rotatable bonds is 10. The monoisotopic (exact) mass is 475 g/mol. The van der Waals surface area contributed by atoms with Crippen LogP contribution in [0.1, 0.15) is 43.7 Å². The van der Waals surface area contributed by atoms with Gasteiger partial charge in [-0.3, -0.25) is 19.0 Å². The number of carbonyl (C=O) groups is 3. The Morgan fingerprint density at radius 3 is 2.11 bits per heavy atom. The highest BCUT2D eigenvalue weighted by atomic mass is 16.4. The van der Waals surface area contributed by atoms with Crippen LogP contribution in [0.3, 0.4) is 0 Å². The SMILES string of the molecule is CCC(=O)N[C@@](C(=O)O)(C(CC)c1ccccc1)n1cccc(NC(=O)Cc2ccccc2)c1=O. The molecule has 1 unspecified atom stereocenters. The number of amides is 2. The highest BCUT2D eigenvalue weighted by Crippen LogP contribution is 2.35. The summed E-state index contributed by atoms with van der Waals surface area (Å²) in [6.45, 7) is 3.40. The van der Waals surface area contributed by atoms with Crippen molar-refractivity contribution in [3.05, 3.63) is 100 Å². The Bertz CT molecular complexity index is 1240. The lowest BCUT2D eigenvalue weighted by atomic mass is 9.82. The average Bonchev–Trinajstić information content (AvgIpc) is 2.86. The number of carbonyl (C=O) groups excluding carboxylic acids is 2. The largest absolute Gasteiger partial charge is 0.478 e. The zero-order chi connectivity index (χ0) is 25.4. The number of pyridine rings is 1. The third-order valence-corrected chi connectivity index (χ3v) is 5.90. The maximum Gasteiger partial charge on any atom is 0.351 e. The number of aliphatic carboxylic acids is 1. The molecule has 182 valence electrons. The first-order valence-corrected chi connectivity index (χ1v) is 11.5. The molecule has 3 N–H and O–H groups in total. The molecule has 0 saturated heterocycles. The van der Waals surface area contributed by atoms with E-state index < -0.39 is 34.9 Å². The van der Waals surface area contributed by atoms with Gasteiger partial charge in [0, 0.05) is 18.5 Å². The smallest absolute Gasteiger partial charge is 0.351 e. The summed E-state index contributed by atoms with van der Waals surface area (Å²) >= 11 is 0. The van der Waals surface area contributed by atoms with E-state index in [4.69, 9.17) is 0 Å². The zero-order valence-corrected chi connectivity index (χ0v) is 19.7. The second-order valence-electron chi connectivity index (χ2n) is 8.15. The van der Waals surface area contributed by atoms with Gasteiger partial charge in [0.15, 0.2) is 0 Å². The van der Waals surface area contributed by atoms with Gasteiger partial charge in [-0.2, -0.15) is 0 Å². The van der Waals surface area contributed by atoms with Gasteiger partial charge in [0.2, 0.25) is 17.5 Å². The van der Waals surface area contributed by atoms with Crippen molar-refractivity contribution in [2.45, 2.75) is 44.7 Å². The Balaban J connectivity index is 2.11. The number of hydrogen-bond donors (Lipinski definition) is 3. The highest BCUT2D eigenvalue weighted by Gasteiger charge is 2.49. The van der Waals surface area contributed by atoms with Crippen molar-refractivity contribution < 1.29 is 19.5 Å². The van der Waals surface area contributed by atoms with E-state index in [0.717, 1.165) is 10.1 Å². The van der Waals surface area contributed by atoms with Crippen LogP contribution in [0.2, 0.25) is 0 Å². The van der Waals surface area contributed by atoms with E-state index in [1.807, 2.05) is 18.2 Å². The van der Waals surface area contributed by atoms with Crippen LogP contribution in [0.5, 0.6) is 0 Å². The van der Waals surface area contributed by atoms with Crippen molar-refractivity contribution in [3.8, 4) is 0 Å². The Kier molecular flexibility index (Phi) is 8.20. The molecule has 0 radical (unpaired) electrons. The van der Waals surface area contributed by atoms with Crippen molar-refractivity contribution in [2.24, 2.45) is 0 Å². The summed E-state index contributed by atoms with van der Waals surface area (Å²) in [5.41, 5.74) is -1.50. The van der Waals surface area contributed by atoms with Gasteiger partial charge in [-0.05, 0) is 29.7 Å². The fourth-order valence-electron chi connectivity index (χ4n) is 4.22. The Morgan fingerprint density at radius 1 is 0.914 bits per heavy atom. The summed E-state index contributed by atoms with van der Waals surface area (Å²) < 4.78 is 1.00. The lowest BCUT2D eigenvalue weighted by molar-refractivity contribution is -0.155. The fraction of sp³-hybridized carbons (Fsp3) is 0.259. The molecule has 0 spiro atoms. The molecular formula is C27H29N3O5. The maximum absolute atomic E-state index is 13.6. The van der Waals surface area contributed by atoms with Crippen LogP contribution in [-0.2, 0) is 26.5 Å². The minimum absolute atomic E-state index is 0.0303. The molecule has 2 amide bonds. The predicted octanol–water partition coefficient (Wildman–Crippen LogP) is 3.49. The molecule has 1 aromatic heterocycles. The Labute approximate surface area is 203 Å². The van der Waals surface area contributed by atoms with Crippen molar-refractivity contribution in [1.82, 2.24) is 9.88 Å². The van der Waals surface area contributed by atoms with E-state index in [1.165, 1.54) is 18.3 Å². The van der Waals surface area contributed by atoms with Gasteiger partial charge in [-0.1, -0.05) is 74.5 Å². The second-order valence-corrected chi connectivity index (χ2v) is 8.15. The molecule has 0 bridgehead atoms. The molecule has 8 heteroatoms. The van der Waals surface area contributed by atoms with Crippen LogP contribution in [0.15, 0.2) is 83.8 Å². The van der Waals surface area contributed by atoms with Crippen molar-refractivity contribution in [3.63, 3.8) is 0 Å². The van der Waals surface area contributed by atoms with Gasteiger partial charge in [0.25, 0.3) is 5.56 Å². The molecular weight excluding hydrogens is 446 g/mol. The molecule has 0 saturated carbocycles. The number of aromatic nitrogens is 1. The number of hydrogen-bond acceptors (Lipinski definition) is 4. The van der Waals surface area contributed by atoms with Crippen molar-refractivity contribution in [2.75, 3.05) is 5.32 Å². The summed E-state index contributed by atoms with van der Waals surface area (Å²) in [5, 5.41) is 15.7. The molecule has 3 rings (SSSR count). The van der Waals surface area contributed by atoms with E-state index in [-0.39, 0.29) is 18.5 Å². The molecule has 3 aromatic rings. The summed E-state index contributed by atoms with van der Waals surface area (Å²) in [5.74, 6) is -3.10. The van der Waals surface area contributed by atoms with E-state index in [0.29, 0.717) is 12.0 Å². The summed E-state index contributed by atoms with van der Waals surface area (Å²) in [6.07, 6.45) is 1.72. The van der Waals surface area contributed by atoms with Crippen molar-refractivity contribution >= 4 is 23.5 Å². The molecule has 0 fully saturated rings. The maximum atomic E-state index is 13.6. The van der Waals surface area contributed by atoms with E-state index in [1.54, 1.807) is 56.3 Å². The third-order valence-electron chi connectivity index (χ3n) is 5.90. The van der Waals surface area contributed by atoms with Crippen LogP contribution in [0, 0.1) is 0 Å². The predicted molar refractivity (Wildman–Crippen MR) is 133 cm³/mol. The van der Waals surface area contributed by atoms with Crippen LogP contribution in [0.25, 0.3) is 0 Å². The number of anilines is 1. The molecule has 8 nitrogen and oxygen atoms in total. The molecule has 1 heterocycles. The van der Waals surface area contributed by atoms with Crippen LogP contribution in [0.4, 0.5) is 5.69 Å². The standard InChI is InChI=1S/C27H29N3O5/c1-3-21(20-14-9-6-10-15-20)27(26(34)35,29-23(31)4-2)30-17-11-16-22(25(30)33)28-24(32)18-19-12-7-5-8-13-19/h5-17,21H,3-4,18H2,1-2H3,(H,28,32)(H,29,31)(H,34,35)/t21?,27-/m0/s1. The normalized spacial score (nSPS) is 13.3. The average molecular weight is 476 g/mol. The topological polar surface area (TPSA) is 118 Å². The summed E-state index contributed by atoms with van der Waals surface area (Å²) in [6, 6.07) is 20.8. The van der Waals surface area contributed by atoms with E-state index in [9.17, 15) is 24.3 Å². The van der Waals surface area contributed by atoms with Gasteiger partial charge in [-0.15, -0.1) is 0 Å². The second kappa shape index (κ2) is 11.3. The number of nitrogens with zero attached hydrogens (tertiary/aromatic N) is 1. The number of carboxylic acid groups (broad SMARTS) is 1. The van der Waals surface area contributed by atoms with Crippen LogP contribution in [-0.4, -0.2) is 27.5 Å². The minimum Gasteiger partial charge on any atom is -0.478 e. The lowest BCUT2D eigenvalue weighted by Crippen LogP contribution is -2.62.